The van der Waals surface area contributed by atoms with Crippen molar-refractivity contribution in [2.45, 2.75) is 202 Å². The van der Waals surface area contributed by atoms with Crippen LogP contribution < -0.4 is 0 Å². The Morgan fingerprint density at radius 3 is 1.18 bits per heavy atom. The minimum Gasteiger partial charge on any atom is -0.394 e. The first-order valence-corrected chi connectivity index (χ1v) is 21.9. The molecule has 0 amide bonds. The molecule has 9 heteroatoms. The molecule has 1 aliphatic rings. The Morgan fingerprint density at radius 1 is 0.551 bits per heavy atom. The number of phosphoric acid groups is 1. The molecule has 49 heavy (non-hydrogen) atoms. The van der Waals surface area contributed by atoms with Crippen LogP contribution in [0.5, 0.6) is 0 Å². The van der Waals surface area contributed by atoms with Crippen molar-refractivity contribution in [1.29, 1.82) is 0 Å². The second-order valence-electron chi connectivity index (χ2n) is 17.0. The van der Waals surface area contributed by atoms with Crippen LogP contribution in [0.25, 0.3) is 0 Å². The van der Waals surface area contributed by atoms with Gasteiger partial charge in [0, 0.05) is 0 Å². The van der Waals surface area contributed by atoms with E-state index in [4.69, 9.17) is 18.9 Å². The van der Waals surface area contributed by atoms with Gasteiger partial charge >= 0.3 is 7.82 Å². The van der Waals surface area contributed by atoms with Gasteiger partial charge in [0.05, 0.1) is 13.2 Å². The second kappa shape index (κ2) is 26.7. The fraction of sp³-hybridized carbons (Fsp3) is 1.00. The average Bonchev–Trinajstić information content (AvgIpc) is 3.28. The number of ether oxygens (including phenoxy) is 1. The summed E-state index contributed by atoms with van der Waals surface area (Å²) in [5.74, 6) is 5.33. The maximum Gasteiger partial charge on any atom is 0.474 e. The van der Waals surface area contributed by atoms with Gasteiger partial charge in [-0.2, -0.15) is 0 Å². The van der Waals surface area contributed by atoms with Gasteiger partial charge < -0.3 is 24.9 Å². The van der Waals surface area contributed by atoms with Crippen LogP contribution in [-0.2, 0) is 18.3 Å². The quantitative estimate of drug-likeness (QED) is 0.0522. The molecule has 4 N–H and O–H groups in total. The fourth-order valence-corrected chi connectivity index (χ4v) is 8.13. The summed E-state index contributed by atoms with van der Waals surface area (Å²) >= 11 is 0. The van der Waals surface area contributed by atoms with Crippen molar-refractivity contribution in [2.24, 2.45) is 41.4 Å². The normalized spacial score (nSPS) is 24.8. The Hall–Kier alpha value is -0.0500. The summed E-state index contributed by atoms with van der Waals surface area (Å²) in [6, 6.07) is 0. The van der Waals surface area contributed by atoms with Crippen molar-refractivity contribution in [3.8, 4) is 0 Å². The zero-order valence-corrected chi connectivity index (χ0v) is 34.0. The van der Waals surface area contributed by atoms with Crippen LogP contribution >= 0.6 is 7.82 Å². The third-order valence-corrected chi connectivity index (χ3v) is 12.0. The molecule has 11 atom stereocenters. The van der Waals surface area contributed by atoms with Crippen molar-refractivity contribution in [1.82, 2.24) is 0 Å². The lowest BCUT2D eigenvalue weighted by atomic mass is 9.89. The smallest absolute Gasteiger partial charge is 0.394 e. The maximum absolute atomic E-state index is 12.2. The molecular weight excluding hydrogens is 639 g/mol. The Labute approximate surface area is 302 Å². The number of hydrogen-bond donors (Lipinski definition) is 4. The Balaban J connectivity index is 2.02. The van der Waals surface area contributed by atoms with Crippen molar-refractivity contribution in [2.75, 3.05) is 13.2 Å². The molecule has 0 aromatic rings. The fourth-order valence-electron chi connectivity index (χ4n) is 7.30. The summed E-state index contributed by atoms with van der Waals surface area (Å²) in [6.45, 7) is 18.5. The van der Waals surface area contributed by atoms with Crippen LogP contribution in [-0.4, -0.2) is 58.0 Å². The van der Waals surface area contributed by atoms with Crippen LogP contribution in [0.15, 0.2) is 0 Å². The molecular formula is C40H81O8P. The van der Waals surface area contributed by atoms with E-state index in [9.17, 15) is 19.7 Å². The van der Waals surface area contributed by atoms with E-state index < -0.39 is 39.0 Å². The van der Waals surface area contributed by atoms with Gasteiger partial charge in [-0.3, -0.25) is 9.05 Å². The summed E-state index contributed by atoms with van der Waals surface area (Å²) in [5, 5.41) is 28.8. The lowest BCUT2D eigenvalue weighted by Gasteiger charge is -2.20. The van der Waals surface area contributed by atoms with Crippen LogP contribution in [0.1, 0.15) is 177 Å². The molecule has 1 aliphatic heterocycles. The highest BCUT2D eigenvalue weighted by Gasteiger charge is 2.46. The monoisotopic (exact) mass is 721 g/mol. The highest BCUT2D eigenvalue weighted by molar-refractivity contribution is 7.47. The molecule has 1 fully saturated rings. The molecule has 0 radical (unpaired) electrons. The standard InChI is InChI=1S/C40H81O8P/c1-30(2)15-9-16-31(3)17-10-18-32(4)19-11-20-33(5)21-12-22-34(6)23-13-24-35(7)25-14-26-36(8)27-28-46-49(44,45)48-40-39(43)38(42)37(29-41)47-40/h30-43H,9-29H2,1-8H3,(H,44,45)/t31?,32?,33?,34?,35?,36?,37-,38-,39+,40+/m1/s1. The number of phosphoric ester groups is 1. The van der Waals surface area contributed by atoms with E-state index in [2.05, 4.69) is 55.4 Å². The molecule has 0 saturated carbocycles. The van der Waals surface area contributed by atoms with E-state index in [1.807, 2.05) is 0 Å². The van der Waals surface area contributed by atoms with Crippen molar-refractivity contribution in [3.63, 3.8) is 0 Å². The summed E-state index contributed by atoms with van der Waals surface area (Å²) in [7, 11) is -4.47. The molecule has 1 saturated heterocycles. The highest BCUT2D eigenvalue weighted by atomic mass is 31.2. The minimum atomic E-state index is -4.47. The first kappa shape index (κ1) is 47.0. The Bertz CT molecular complexity index is 843. The van der Waals surface area contributed by atoms with Gasteiger partial charge in [-0.15, -0.1) is 0 Å². The zero-order valence-electron chi connectivity index (χ0n) is 33.1. The van der Waals surface area contributed by atoms with E-state index in [0.29, 0.717) is 18.3 Å². The summed E-state index contributed by atoms with van der Waals surface area (Å²) in [6.07, 6.45) is 19.1. The Kier molecular flexibility index (Phi) is 25.6. The molecule has 0 aliphatic carbocycles. The van der Waals surface area contributed by atoms with E-state index in [0.717, 1.165) is 42.4 Å². The molecule has 1 heterocycles. The number of hydrogen-bond acceptors (Lipinski definition) is 7. The van der Waals surface area contributed by atoms with Crippen molar-refractivity contribution in [3.05, 3.63) is 0 Å². The third-order valence-electron chi connectivity index (χ3n) is 11.0. The molecule has 8 nitrogen and oxygen atoms in total. The largest absolute Gasteiger partial charge is 0.474 e. The predicted octanol–water partition coefficient (Wildman–Crippen LogP) is 10.4. The number of aliphatic hydroxyl groups excluding tert-OH is 3. The predicted molar refractivity (Wildman–Crippen MR) is 202 cm³/mol. The zero-order chi connectivity index (χ0) is 36.8. The molecule has 0 aromatic heterocycles. The van der Waals surface area contributed by atoms with E-state index in [-0.39, 0.29) is 6.61 Å². The summed E-state index contributed by atoms with van der Waals surface area (Å²) in [4.78, 5) is 9.98. The van der Waals surface area contributed by atoms with Gasteiger partial charge in [-0.1, -0.05) is 171 Å². The van der Waals surface area contributed by atoms with Crippen LogP contribution in [0, 0.1) is 41.4 Å². The molecule has 1 rings (SSSR count). The van der Waals surface area contributed by atoms with Crippen LogP contribution in [0.4, 0.5) is 0 Å². The lowest BCUT2D eigenvalue weighted by Crippen LogP contribution is -2.34. The number of aliphatic hydroxyl groups is 3. The molecule has 0 spiro atoms. The van der Waals surface area contributed by atoms with Gasteiger partial charge in [0.1, 0.15) is 18.3 Å². The number of rotatable bonds is 31. The molecule has 0 aromatic carbocycles. The van der Waals surface area contributed by atoms with Crippen LogP contribution in [0.3, 0.4) is 0 Å². The Morgan fingerprint density at radius 2 is 0.878 bits per heavy atom. The first-order chi connectivity index (χ1) is 23.1. The molecule has 7 unspecified atom stereocenters. The maximum atomic E-state index is 12.2. The molecule has 0 bridgehead atoms. The summed E-state index contributed by atoms with van der Waals surface area (Å²) < 4.78 is 27.3. The van der Waals surface area contributed by atoms with Crippen molar-refractivity contribution < 1.29 is 38.6 Å². The van der Waals surface area contributed by atoms with Gasteiger partial charge in [0.15, 0.2) is 6.29 Å². The second-order valence-corrected chi connectivity index (χ2v) is 18.4. The van der Waals surface area contributed by atoms with E-state index in [1.54, 1.807) is 0 Å². The third kappa shape index (κ3) is 23.3. The first-order valence-electron chi connectivity index (χ1n) is 20.4. The van der Waals surface area contributed by atoms with Gasteiger partial charge in [0.25, 0.3) is 0 Å². The van der Waals surface area contributed by atoms with Gasteiger partial charge in [-0.25, -0.2) is 4.57 Å². The topological polar surface area (TPSA) is 126 Å². The minimum absolute atomic E-state index is 0.0492. The van der Waals surface area contributed by atoms with Crippen molar-refractivity contribution >= 4 is 7.82 Å². The average molecular weight is 721 g/mol. The molecule has 294 valence electrons. The SMILES string of the molecule is CC(C)CCCC(C)CCCC(C)CCCC(C)CCCC(C)CCCC(C)CCCC(C)CCOP(=O)(O)O[C@@H]1O[C@H](CO)[C@@H](O)[C@@H]1O. The lowest BCUT2D eigenvalue weighted by molar-refractivity contribution is -0.128. The van der Waals surface area contributed by atoms with Crippen LogP contribution in [0.2, 0.25) is 0 Å². The van der Waals surface area contributed by atoms with Gasteiger partial charge in [-0.05, 0) is 47.8 Å². The highest BCUT2D eigenvalue weighted by Crippen LogP contribution is 2.47. The van der Waals surface area contributed by atoms with Gasteiger partial charge in [0.2, 0.25) is 0 Å². The van der Waals surface area contributed by atoms with E-state index >= 15 is 0 Å². The van der Waals surface area contributed by atoms with E-state index in [1.165, 1.54) is 103 Å². The summed E-state index contributed by atoms with van der Waals surface area (Å²) in [5.41, 5.74) is 0.